The van der Waals surface area contributed by atoms with Crippen molar-refractivity contribution in [3.63, 3.8) is 0 Å². The summed E-state index contributed by atoms with van der Waals surface area (Å²) in [6.45, 7) is 5.66. The SMILES string of the molecule is Cc1cccc(CN2CCN(S(=O)(=O)c3ccc4c(c3)CCCC4)CC2)c1. The highest BCUT2D eigenvalue weighted by molar-refractivity contribution is 7.89. The maximum Gasteiger partial charge on any atom is 0.243 e. The molecule has 1 aliphatic heterocycles. The molecule has 0 spiro atoms. The van der Waals surface area contributed by atoms with Crippen molar-refractivity contribution in [1.82, 2.24) is 9.21 Å². The first-order valence-corrected chi connectivity index (χ1v) is 11.4. The Balaban J connectivity index is 1.42. The zero-order chi connectivity index (χ0) is 18.9. The van der Waals surface area contributed by atoms with Gasteiger partial charge in [-0.3, -0.25) is 4.90 Å². The average Bonchev–Trinajstić information content (AvgIpc) is 2.68. The molecule has 0 aromatic heterocycles. The van der Waals surface area contributed by atoms with Crippen molar-refractivity contribution in [3.8, 4) is 0 Å². The average molecular weight is 385 g/mol. The van der Waals surface area contributed by atoms with E-state index in [1.54, 1.807) is 10.4 Å². The molecule has 1 fully saturated rings. The van der Waals surface area contributed by atoms with Gasteiger partial charge in [-0.25, -0.2) is 8.42 Å². The molecule has 4 nitrogen and oxygen atoms in total. The first-order valence-electron chi connectivity index (χ1n) is 9.92. The van der Waals surface area contributed by atoms with Crippen LogP contribution in [0.4, 0.5) is 0 Å². The highest BCUT2D eigenvalue weighted by Crippen LogP contribution is 2.26. The van der Waals surface area contributed by atoms with Gasteiger partial charge in [-0.2, -0.15) is 4.31 Å². The van der Waals surface area contributed by atoms with E-state index < -0.39 is 10.0 Å². The molecule has 1 saturated heterocycles. The van der Waals surface area contributed by atoms with Crippen molar-refractivity contribution in [2.24, 2.45) is 0 Å². The second kappa shape index (κ2) is 7.74. The molecule has 0 atom stereocenters. The summed E-state index contributed by atoms with van der Waals surface area (Å²) in [4.78, 5) is 2.81. The molecule has 144 valence electrons. The van der Waals surface area contributed by atoms with Gasteiger partial charge >= 0.3 is 0 Å². The highest BCUT2D eigenvalue weighted by Gasteiger charge is 2.29. The molecule has 0 amide bonds. The number of rotatable bonds is 4. The van der Waals surface area contributed by atoms with Crippen LogP contribution in [0.25, 0.3) is 0 Å². The van der Waals surface area contributed by atoms with E-state index in [1.807, 2.05) is 12.1 Å². The maximum atomic E-state index is 13.1. The minimum Gasteiger partial charge on any atom is -0.296 e. The largest absolute Gasteiger partial charge is 0.296 e. The smallest absolute Gasteiger partial charge is 0.243 e. The number of sulfonamides is 1. The second-order valence-electron chi connectivity index (χ2n) is 7.81. The Kier molecular flexibility index (Phi) is 5.35. The van der Waals surface area contributed by atoms with Crippen LogP contribution < -0.4 is 0 Å². The third-order valence-electron chi connectivity index (χ3n) is 5.78. The van der Waals surface area contributed by atoms with E-state index in [2.05, 4.69) is 36.1 Å². The minimum atomic E-state index is -3.39. The molecule has 1 aliphatic carbocycles. The normalized spacial score (nSPS) is 19.0. The van der Waals surface area contributed by atoms with Crippen LogP contribution in [0.5, 0.6) is 0 Å². The van der Waals surface area contributed by atoms with E-state index in [1.165, 1.54) is 28.7 Å². The molecule has 5 heteroatoms. The number of piperazine rings is 1. The predicted molar refractivity (Wildman–Crippen MR) is 108 cm³/mol. The molecule has 4 rings (SSSR count). The lowest BCUT2D eigenvalue weighted by Gasteiger charge is -2.34. The molecule has 0 saturated carbocycles. The van der Waals surface area contributed by atoms with Gasteiger partial charge in [0.2, 0.25) is 10.0 Å². The van der Waals surface area contributed by atoms with E-state index in [-0.39, 0.29) is 0 Å². The van der Waals surface area contributed by atoms with Gasteiger partial charge in [-0.1, -0.05) is 35.9 Å². The fourth-order valence-electron chi connectivity index (χ4n) is 4.22. The predicted octanol–water partition coefficient (Wildman–Crippen LogP) is 3.38. The highest BCUT2D eigenvalue weighted by atomic mass is 32.2. The summed E-state index contributed by atoms with van der Waals surface area (Å²) >= 11 is 0. The number of aryl methyl sites for hydroxylation is 3. The van der Waals surface area contributed by atoms with Gasteiger partial charge in [-0.05, 0) is 61.4 Å². The molecule has 1 heterocycles. The standard InChI is InChI=1S/C22H28N2O2S/c1-18-5-4-6-19(15-18)17-23-11-13-24(14-12-23)27(25,26)22-10-9-20-7-2-3-8-21(20)16-22/h4-6,9-10,15-16H,2-3,7-8,11-14,17H2,1H3. The molecule has 2 aliphatic rings. The summed E-state index contributed by atoms with van der Waals surface area (Å²) in [6.07, 6.45) is 4.45. The van der Waals surface area contributed by atoms with Crippen LogP contribution in [0.2, 0.25) is 0 Å². The molecule has 0 radical (unpaired) electrons. The molecule has 0 bridgehead atoms. The summed E-state index contributed by atoms with van der Waals surface area (Å²) in [5.41, 5.74) is 5.10. The quantitative estimate of drug-likeness (QED) is 0.811. The van der Waals surface area contributed by atoms with Crippen molar-refractivity contribution in [3.05, 3.63) is 64.7 Å². The van der Waals surface area contributed by atoms with Crippen molar-refractivity contribution in [2.75, 3.05) is 26.2 Å². The summed E-state index contributed by atoms with van der Waals surface area (Å²) in [7, 11) is -3.39. The first kappa shape index (κ1) is 18.7. The van der Waals surface area contributed by atoms with E-state index >= 15 is 0 Å². The van der Waals surface area contributed by atoms with Gasteiger partial charge in [0.25, 0.3) is 0 Å². The zero-order valence-electron chi connectivity index (χ0n) is 16.0. The topological polar surface area (TPSA) is 40.6 Å². The second-order valence-corrected chi connectivity index (χ2v) is 9.74. The molecular formula is C22H28N2O2S. The summed E-state index contributed by atoms with van der Waals surface area (Å²) < 4.78 is 27.8. The van der Waals surface area contributed by atoms with Gasteiger partial charge in [0, 0.05) is 32.7 Å². The number of hydrogen-bond donors (Lipinski definition) is 0. The molecular weight excluding hydrogens is 356 g/mol. The van der Waals surface area contributed by atoms with E-state index in [0.29, 0.717) is 18.0 Å². The van der Waals surface area contributed by atoms with Crippen molar-refractivity contribution < 1.29 is 8.42 Å². The van der Waals surface area contributed by atoms with Gasteiger partial charge in [0.05, 0.1) is 4.90 Å². The van der Waals surface area contributed by atoms with Crippen molar-refractivity contribution in [1.29, 1.82) is 0 Å². The fourth-order valence-corrected chi connectivity index (χ4v) is 5.69. The first-order chi connectivity index (χ1) is 13.0. The Bertz CT molecular complexity index is 916. The van der Waals surface area contributed by atoms with E-state index in [9.17, 15) is 8.42 Å². The monoisotopic (exact) mass is 384 g/mol. The lowest BCUT2D eigenvalue weighted by atomic mass is 9.92. The molecule has 0 unspecified atom stereocenters. The summed E-state index contributed by atoms with van der Waals surface area (Å²) in [6, 6.07) is 14.3. The van der Waals surface area contributed by atoms with Crippen LogP contribution in [0, 0.1) is 6.92 Å². The van der Waals surface area contributed by atoms with E-state index in [0.717, 1.165) is 38.9 Å². The number of hydrogen-bond acceptors (Lipinski definition) is 3. The van der Waals surface area contributed by atoms with E-state index in [4.69, 9.17) is 0 Å². The minimum absolute atomic E-state index is 0.468. The summed E-state index contributed by atoms with van der Waals surface area (Å²) in [5.74, 6) is 0. The lowest BCUT2D eigenvalue weighted by molar-refractivity contribution is 0.181. The number of benzene rings is 2. The van der Waals surface area contributed by atoms with Crippen molar-refractivity contribution in [2.45, 2.75) is 44.0 Å². The lowest BCUT2D eigenvalue weighted by Crippen LogP contribution is -2.48. The maximum absolute atomic E-state index is 13.1. The Morgan fingerprint density at radius 1 is 0.889 bits per heavy atom. The molecule has 2 aromatic carbocycles. The Hall–Kier alpha value is -1.69. The van der Waals surface area contributed by atoms with Crippen LogP contribution in [0.3, 0.4) is 0 Å². The molecule has 0 N–H and O–H groups in total. The summed E-state index contributed by atoms with van der Waals surface area (Å²) in [5, 5.41) is 0. The van der Waals surface area contributed by atoms with Crippen LogP contribution in [-0.2, 0) is 29.4 Å². The Labute approximate surface area is 162 Å². The van der Waals surface area contributed by atoms with Crippen molar-refractivity contribution >= 4 is 10.0 Å². The van der Waals surface area contributed by atoms with Crippen LogP contribution >= 0.6 is 0 Å². The van der Waals surface area contributed by atoms with Gasteiger partial charge in [0.15, 0.2) is 0 Å². The number of nitrogens with zero attached hydrogens (tertiary/aromatic N) is 2. The third-order valence-corrected chi connectivity index (χ3v) is 7.67. The van der Waals surface area contributed by atoms with Crippen LogP contribution in [0.1, 0.15) is 35.1 Å². The van der Waals surface area contributed by atoms with Crippen LogP contribution in [0.15, 0.2) is 47.4 Å². The fraction of sp³-hybridized carbons (Fsp3) is 0.455. The zero-order valence-corrected chi connectivity index (χ0v) is 16.8. The van der Waals surface area contributed by atoms with Gasteiger partial charge < -0.3 is 0 Å². The Morgan fingerprint density at radius 3 is 2.37 bits per heavy atom. The van der Waals surface area contributed by atoms with Gasteiger partial charge in [0.1, 0.15) is 0 Å². The van der Waals surface area contributed by atoms with Crippen LogP contribution in [-0.4, -0.2) is 43.8 Å². The Morgan fingerprint density at radius 2 is 1.63 bits per heavy atom. The molecule has 2 aromatic rings. The molecule has 27 heavy (non-hydrogen) atoms. The third kappa shape index (κ3) is 4.10. The van der Waals surface area contributed by atoms with Gasteiger partial charge in [-0.15, -0.1) is 0 Å². The number of fused-ring (bicyclic) bond motifs is 1.